The Balaban J connectivity index is 1.54. The lowest BCUT2D eigenvalue weighted by Gasteiger charge is -2.32. The molecular weight excluding hydrogens is 376 g/mol. The standard InChI is InChI=1S/C25H32N2O3/c1-17(2)26-24(28)22-7-5-6-8-23(22)30-16-20-9-11-27(12-10-20)25(29)21-14-18(3)13-19(4)15-21/h5-8,13-15,17,20H,9-12,16H2,1-4H3,(H,26,28). The zero-order valence-electron chi connectivity index (χ0n) is 18.4. The summed E-state index contributed by atoms with van der Waals surface area (Å²) in [6.07, 6.45) is 1.80. The molecule has 5 heteroatoms. The predicted molar refractivity (Wildman–Crippen MR) is 119 cm³/mol. The van der Waals surface area contributed by atoms with E-state index in [1.165, 1.54) is 0 Å². The fourth-order valence-electron chi connectivity index (χ4n) is 3.91. The third kappa shape index (κ3) is 5.62. The average molecular weight is 409 g/mol. The van der Waals surface area contributed by atoms with E-state index in [4.69, 9.17) is 4.74 Å². The van der Waals surface area contributed by atoms with E-state index in [1.807, 2.05) is 62.9 Å². The van der Waals surface area contributed by atoms with Crippen molar-refractivity contribution in [2.24, 2.45) is 5.92 Å². The highest BCUT2D eigenvalue weighted by molar-refractivity contribution is 5.97. The van der Waals surface area contributed by atoms with Gasteiger partial charge in [0.15, 0.2) is 0 Å². The summed E-state index contributed by atoms with van der Waals surface area (Å²) in [5.74, 6) is 0.977. The van der Waals surface area contributed by atoms with Crippen LogP contribution in [0.3, 0.4) is 0 Å². The van der Waals surface area contributed by atoms with Gasteiger partial charge in [0.05, 0.1) is 12.2 Å². The molecule has 0 unspecified atom stereocenters. The van der Waals surface area contributed by atoms with Gasteiger partial charge in [-0.25, -0.2) is 0 Å². The Hall–Kier alpha value is -2.82. The summed E-state index contributed by atoms with van der Waals surface area (Å²) >= 11 is 0. The number of benzene rings is 2. The molecule has 2 aromatic carbocycles. The normalized spacial score (nSPS) is 14.6. The maximum Gasteiger partial charge on any atom is 0.255 e. The van der Waals surface area contributed by atoms with E-state index >= 15 is 0 Å². The lowest BCUT2D eigenvalue weighted by atomic mass is 9.96. The largest absolute Gasteiger partial charge is 0.492 e. The number of carbonyl (C=O) groups excluding carboxylic acids is 2. The third-order valence-corrected chi connectivity index (χ3v) is 5.40. The van der Waals surface area contributed by atoms with Crippen LogP contribution in [-0.2, 0) is 0 Å². The van der Waals surface area contributed by atoms with Gasteiger partial charge in [0, 0.05) is 24.7 Å². The molecule has 0 atom stereocenters. The van der Waals surface area contributed by atoms with Gasteiger partial charge in [0.2, 0.25) is 0 Å². The smallest absolute Gasteiger partial charge is 0.255 e. The van der Waals surface area contributed by atoms with Gasteiger partial charge >= 0.3 is 0 Å². The van der Waals surface area contributed by atoms with Crippen molar-refractivity contribution in [3.63, 3.8) is 0 Å². The summed E-state index contributed by atoms with van der Waals surface area (Å²) in [6, 6.07) is 13.4. The minimum Gasteiger partial charge on any atom is -0.492 e. The second kappa shape index (κ2) is 9.79. The van der Waals surface area contributed by atoms with Crippen molar-refractivity contribution in [3.8, 4) is 5.75 Å². The average Bonchev–Trinajstić information content (AvgIpc) is 2.71. The molecule has 0 aromatic heterocycles. The molecule has 2 aromatic rings. The van der Waals surface area contributed by atoms with Crippen LogP contribution in [0.15, 0.2) is 42.5 Å². The molecule has 5 nitrogen and oxygen atoms in total. The van der Waals surface area contributed by atoms with Gasteiger partial charge in [-0.15, -0.1) is 0 Å². The lowest BCUT2D eigenvalue weighted by molar-refractivity contribution is 0.0659. The number of ether oxygens (including phenoxy) is 1. The van der Waals surface area contributed by atoms with Crippen LogP contribution >= 0.6 is 0 Å². The van der Waals surface area contributed by atoms with Crippen LogP contribution in [0.4, 0.5) is 0 Å². The number of para-hydroxylation sites is 1. The molecule has 3 rings (SSSR count). The highest BCUT2D eigenvalue weighted by Gasteiger charge is 2.25. The van der Waals surface area contributed by atoms with Gasteiger partial charge in [0.25, 0.3) is 11.8 Å². The number of carbonyl (C=O) groups is 2. The molecule has 1 aliphatic heterocycles. The molecule has 1 aliphatic rings. The highest BCUT2D eigenvalue weighted by atomic mass is 16.5. The molecule has 0 radical (unpaired) electrons. The number of rotatable bonds is 6. The summed E-state index contributed by atoms with van der Waals surface area (Å²) in [5.41, 5.74) is 3.56. The second-order valence-electron chi connectivity index (χ2n) is 8.55. The Morgan fingerprint density at radius 2 is 1.70 bits per heavy atom. The molecular formula is C25H32N2O3. The Labute approximate surface area is 179 Å². The lowest BCUT2D eigenvalue weighted by Crippen LogP contribution is -2.39. The molecule has 0 bridgehead atoms. The number of piperidine rings is 1. The van der Waals surface area contributed by atoms with Gasteiger partial charge < -0.3 is 15.0 Å². The molecule has 1 saturated heterocycles. The number of nitrogens with zero attached hydrogens (tertiary/aromatic N) is 1. The van der Waals surface area contributed by atoms with Crippen molar-refractivity contribution in [1.82, 2.24) is 10.2 Å². The Bertz CT molecular complexity index is 879. The van der Waals surface area contributed by atoms with E-state index in [1.54, 1.807) is 6.07 Å². The Morgan fingerprint density at radius 3 is 2.33 bits per heavy atom. The van der Waals surface area contributed by atoms with Crippen LogP contribution in [-0.4, -0.2) is 42.5 Å². The van der Waals surface area contributed by atoms with Crippen LogP contribution < -0.4 is 10.1 Å². The second-order valence-corrected chi connectivity index (χ2v) is 8.55. The minimum absolute atomic E-state index is 0.0737. The molecule has 1 heterocycles. The summed E-state index contributed by atoms with van der Waals surface area (Å²) in [4.78, 5) is 27.2. The van der Waals surface area contributed by atoms with E-state index in [9.17, 15) is 9.59 Å². The molecule has 160 valence electrons. The van der Waals surface area contributed by atoms with Crippen molar-refractivity contribution >= 4 is 11.8 Å². The number of hydrogen-bond donors (Lipinski definition) is 1. The Kier molecular flexibility index (Phi) is 7.14. The fourth-order valence-corrected chi connectivity index (χ4v) is 3.91. The van der Waals surface area contributed by atoms with E-state index < -0.39 is 0 Å². The SMILES string of the molecule is Cc1cc(C)cc(C(=O)N2CCC(COc3ccccc3C(=O)NC(C)C)CC2)c1. The van der Waals surface area contributed by atoms with Crippen LogP contribution in [0, 0.1) is 19.8 Å². The van der Waals surface area contributed by atoms with Crippen LogP contribution in [0.1, 0.15) is 58.5 Å². The van der Waals surface area contributed by atoms with Gasteiger partial charge in [-0.1, -0.05) is 29.3 Å². The van der Waals surface area contributed by atoms with Crippen molar-refractivity contribution < 1.29 is 14.3 Å². The first-order chi connectivity index (χ1) is 14.3. The number of aryl methyl sites for hydroxylation is 2. The Morgan fingerprint density at radius 1 is 1.07 bits per heavy atom. The van der Waals surface area contributed by atoms with Crippen molar-refractivity contribution in [2.45, 2.75) is 46.6 Å². The zero-order valence-corrected chi connectivity index (χ0v) is 18.4. The summed E-state index contributed by atoms with van der Waals surface area (Å²) in [7, 11) is 0. The van der Waals surface area contributed by atoms with E-state index in [0.717, 1.165) is 42.6 Å². The summed E-state index contributed by atoms with van der Waals surface area (Å²) in [5, 5.41) is 2.92. The molecule has 1 N–H and O–H groups in total. The van der Waals surface area contributed by atoms with Crippen molar-refractivity contribution in [1.29, 1.82) is 0 Å². The zero-order chi connectivity index (χ0) is 21.7. The van der Waals surface area contributed by atoms with Crippen LogP contribution in [0.5, 0.6) is 5.75 Å². The van der Waals surface area contributed by atoms with E-state index in [0.29, 0.717) is 23.8 Å². The molecule has 0 spiro atoms. The highest BCUT2D eigenvalue weighted by Crippen LogP contribution is 2.23. The quantitative estimate of drug-likeness (QED) is 0.772. The van der Waals surface area contributed by atoms with Crippen LogP contribution in [0.2, 0.25) is 0 Å². The first kappa shape index (κ1) is 21.9. The van der Waals surface area contributed by atoms with E-state index in [2.05, 4.69) is 11.4 Å². The number of likely N-dealkylation sites (tertiary alicyclic amines) is 1. The predicted octanol–water partition coefficient (Wildman–Crippen LogP) is 4.37. The van der Waals surface area contributed by atoms with Gasteiger partial charge in [-0.3, -0.25) is 9.59 Å². The molecule has 0 aliphatic carbocycles. The topological polar surface area (TPSA) is 58.6 Å². The van der Waals surface area contributed by atoms with Crippen molar-refractivity contribution in [3.05, 3.63) is 64.7 Å². The maximum absolute atomic E-state index is 12.8. The minimum atomic E-state index is -0.116. The number of amides is 2. The van der Waals surface area contributed by atoms with Crippen LogP contribution in [0.25, 0.3) is 0 Å². The molecule has 2 amide bonds. The first-order valence-corrected chi connectivity index (χ1v) is 10.7. The maximum atomic E-state index is 12.8. The first-order valence-electron chi connectivity index (χ1n) is 10.7. The van der Waals surface area contributed by atoms with Gasteiger partial charge in [0.1, 0.15) is 5.75 Å². The van der Waals surface area contributed by atoms with Gasteiger partial charge in [-0.05, 0) is 70.7 Å². The van der Waals surface area contributed by atoms with Crippen molar-refractivity contribution in [2.75, 3.05) is 19.7 Å². The molecule has 30 heavy (non-hydrogen) atoms. The summed E-state index contributed by atoms with van der Waals surface area (Å²) < 4.78 is 6.03. The third-order valence-electron chi connectivity index (χ3n) is 5.40. The van der Waals surface area contributed by atoms with E-state index in [-0.39, 0.29) is 17.9 Å². The number of nitrogens with one attached hydrogen (secondary N) is 1. The summed E-state index contributed by atoms with van der Waals surface area (Å²) in [6.45, 7) is 9.94. The monoisotopic (exact) mass is 408 g/mol. The fraction of sp³-hybridized carbons (Fsp3) is 0.440. The number of hydrogen-bond acceptors (Lipinski definition) is 3. The molecule has 1 fully saturated rings. The van der Waals surface area contributed by atoms with Gasteiger partial charge in [-0.2, -0.15) is 0 Å². The molecule has 0 saturated carbocycles.